The Morgan fingerprint density at radius 3 is 1.75 bits per heavy atom. The maximum Gasteiger partial charge on any atom is 0.239 e. The minimum Gasteiger partial charge on any atom is -0.394 e. The second-order valence-electron chi connectivity index (χ2n) is 15.9. The number of rotatable bonds is 31. The van der Waals surface area contributed by atoms with Crippen molar-refractivity contribution in [2.45, 2.75) is 196 Å². The standard InChI is InChI=1S/C40H74N2O17/c1-4-35(59-40-38(56)37(55)36(54)23(3)58-40)22(2)34(53)20-32(52)19-31(51)17-27(47)11-6-10-26(46)16-30(50)18-29(49)15-25(45)9-5-8-24(44)14-28(48)12-7-13-42-39(57)33(41)21-43/h5-6,9,11,22-33,35-38,40,43-52,54-56H,4,7-8,10,12-21,41H2,1-3H3,(H,42,57). The molecule has 0 spiro atoms. The summed E-state index contributed by atoms with van der Waals surface area (Å²) < 4.78 is 11.2. The average molecular weight is 855 g/mol. The van der Waals surface area contributed by atoms with Gasteiger partial charge in [0.15, 0.2) is 6.29 Å². The first kappa shape index (κ1) is 55.0. The van der Waals surface area contributed by atoms with Gasteiger partial charge >= 0.3 is 0 Å². The Hall–Kier alpha value is -2.02. The molecule has 1 rings (SSSR count). The number of ketones is 1. The number of aliphatic hydroxyl groups is 13. The molecule has 19 heteroatoms. The first-order valence-corrected chi connectivity index (χ1v) is 20.7. The van der Waals surface area contributed by atoms with E-state index >= 15 is 0 Å². The predicted octanol–water partition coefficient (Wildman–Crippen LogP) is -3.10. The highest BCUT2D eigenvalue weighted by Gasteiger charge is 2.44. The fourth-order valence-electron chi connectivity index (χ4n) is 6.69. The number of hydrogen-bond acceptors (Lipinski definition) is 18. The van der Waals surface area contributed by atoms with E-state index in [9.17, 15) is 70.9 Å². The van der Waals surface area contributed by atoms with E-state index in [-0.39, 0.29) is 70.1 Å². The van der Waals surface area contributed by atoms with Crippen molar-refractivity contribution in [3.8, 4) is 0 Å². The van der Waals surface area contributed by atoms with Crippen molar-refractivity contribution >= 4 is 11.7 Å². The van der Waals surface area contributed by atoms with Gasteiger partial charge in [-0.25, -0.2) is 0 Å². The largest absolute Gasteiger partial charge is 0.394 e. The van der Waals surface area contributed by atoms with Crippen LogP contribution in [0.5, 0.6) is 0 Å². The van der Waals surface area contributed by atoms with Gasteiger partial charge in [0.1, 0.15) is 30.1 Å². The van der Waals surface area contributed by atoms with Crippen molar-refractivity contribution < 1.29 is 85.4 Å². The molecular weight excluding hydrogens is 780 g/mol. The van der Waals surface area contributed by atoms with E-state index in [0.717, 1.165) is 0 Å². The molecule has 0 aromatic rings. The van der Waals surface area contributed by atoms with Gasteiger partial charge in [0, 0.05) is 31.7 Å². The average Bonchev–Trinajstić information content (AvgIpc) is 3.15. The zero-order valence-electron chi connectivity index (χ0n) is 34.5. The van der Waals surface area contributed by atoms with Crippen molar-refractivity contribution in [2.75, 3.05) is 13.2 Å². The quantitative estimate of drug-likeness (QED) is 0.0243. The molecule has 0 aliphatic carbocycles. The molecule has 59 heavy (non-hydrogen) atoms. The Balaban J connectivity index is 2.34. The maximum atomic E-state index is 12.9. The van der Waals surface area contributed by atoms with Crippen LogP contribution in [-0.4, -0.2) is 189 Å². The molecule has 19 nitrogen and oxygen atoms in total. The van der Waals surface area contributed by atoms with E-state index in [1.165, 1.54) is 31.2 Å². The van der Waals surface area contributed by atoms with E-state index in [1.807, 2.05) is 0 Å². The van der Waals surface area contributed by atoms with Crippen LogP contribution in [0.1, 0.15) is 97.8 Å². The van der Waals surface area contributed by atoms with Crippen LogP contribution in [0.2, 0.25) is 0 Å². The molecule has 0 radical (unpaired) electrons. The van der Waals surface area contributed by atoms with Crippen LogP contribution < -0.4 is 11.1 Å². The summed E-state index contributed by atoms with van der Waals surface area (Å²) in [5, 5.41) is 134. The van der Waals surface area contributed by atoms with Gasteiger partial charge in [0.05, 0.1) is 73.8 Å². The van der Waals surface area contributed by atoms with Crippen molar-refractivity contribution in [3.63, 3.8) is 0 Å². The lowest BCUT2D eigenvalue weighted by Crippen LogP contribution is -2.58. The Morgan fingerprint density at radius 1 is 0.729 bits per heavy atom. The number of amides is 1. The highest BCUT2D eigenvalue weighted by molar-refractivity contribution is 5.82. The number of ether oxygens (including phenoxy) is 2. The fraction of sp³-hybridized carbons (Fsp3) is 0.850. The molecule has 17 atom stereocenters. The van der Waals surface area contributed by atoms with Gasteiger partial charge in [-0.3, -0.25) is 9.59 Å². The third kappa shape index (κ3) is 22.6. The number of nitrogens with two attached hydrogens (primary N) is 1. The first-order valence-electron chi connectivity index (χ1n) is 20.7. The molecule has 0 saturated carbocycles. The summed E-state index contributed by atoms with van der Waals surface area (Å²) in [6, 6.07) is -1.01. The van der Waals surface area contributed by atoms with E-state index < -0.39 is 116 Å². The summed E-state index contributed by atoms with van der Waals surface area (Å²) in [5.41, 5.74) is 5.40. The molecule has 0 aromatic heterocycles. The second kappa shape index (κ2) is 29.3. The van der Waals surface area contributed by atoms with Crippen molar-refractivity contribution in [1.29, 1.82) is 0 Å². The molecule has 1 fully saturated rings. The normalized spacial score (nSPS) is 26.4. The highest BCUT2D eigenvalue weighted by atomic mass is 16.7. The summed E-state index contributed by atoms with van der Waals surface area (Å²) in [4.78, 5) is 24.4. The predicted molar refractivity (Wildman–Crippen MR) is 213 cm³/mol. The molecule has 0 bridgehead atoms. The summed E-state index contributed by atoms with van der Waals surface area (Å²) >= 11 is 0. The Labute approximate surface area is 346 Å². The van der Waals surface area contributed by atoms with E-state index in [0.29, 0.717) is 19.3 Å². The van der Waals surface area contributed by atoms with E-state index in [2.05, 4.69) is 5.32 Å². The van der Waals surface area contributed by atoms with Crippen molar-refractivity contribution in [2.24, 2.45) is 11.7 Å². The zero-order valence-corrected chi connectivity index (χ0v) is 34.5. The molecule has 1 aliphatic rings. The number of carbonyl (C=O) groups excluding carboxylic acids is 2. The molecule has 1 saturated heterocycles. The van der Waals surface area contributed by atoms with Gasteiger partial charge in [-0.2, -0.15) is 0 Å². The lowest BCUT2D eigenvalue weighted by atomic mass is 9.91. The van der Waals surface area contributed by atoms with Crippen LogP contribution in [0, 0.1) is 5.92 Å². The molecule has 1 aliphatic heterocycles. The summed E-state index contributed by atoms with van der Waals surface area (Å²) in [7, 11) is 0. The smallest absolute Gasteiger partial charge is 0.239 e. The maximum absolute atomic E-state index is 12.9. The van der Waals surface area contributed by atoms with Gasteiger partial charge in [-0.1, -0.05) is 38.2 Å². The number of nitrogens with one attached hydrogen (secondary N) is 1. The number of aliphatic hydroxyl groups excluding tert-OH is 13. The van der Waals surface area contributed by atoms with Crippen LogP contribution in [0.3, 0.4) is 0 Å². The third-order valence-corrected chi connectivity index (χ3v) is 10.3. The molecule has 1 heterocycles. The third-order valence-electron chi connectivity index (χ3n) is 10.3. The topological polar surface area (TPSA) is 354 Å². The van der Waals surface area contributed by atoms with Crippen molar-refractivity contribution in [3.05, 3.63) is 24.3 Å². The molecule has 17 unspecified atom stereocenters. The van der Waals surface area contributed by atoms with Crippen LogP contribution in [-0.2, 0) is 19.1 Å². The van der Waals surface area contributed by atoms with Crippen LogP contribution in [0.4, 0.5) is 0 Å². The van der Waals surface area contributed by atoms with Crippen LogP contribution in [0.15, 0.2) is 24.3 Å². The van der Waals surface area contributed by atoms with E-state index in [4.69, 9.17) is 20.3 Å². The lowest BCUT2D eigenvalue weighted by molar-refractivity contribution is -0.306. The summed E-state index contributed by atoms with van der Waals surface area (Å²) in [6.07, 6.45) is -10.8. The van der Waals surface area contributed by atoms with Gasteiger partial charge in [0.25, 0.3) is 0 Å². The first-order chi connectivity index (χ1) is 27.7. The lowest BCUT2D eigenvalue weighted by Gasteiger charge is -2.40. The fourth-order valence-corrected chi connectivity index (χ4v) is 6.69. The monoisotopic (exact) mass is 854 g/mol. The molecular formula is C40H74N2O17. The SMILES string of the molecule is CCC(OC1OC(C)C(O)C(O)C1O)C(C)C(=O)CC(O)CC(O)CC(O)C=CCC(O)CC(O)CC(O)CC(O)C=CCC(O)CC(O)CCCNC(=O)C(N)CO. The van der Waals surface area contributed by atoms with Crippen LogP contribution >= 0.6 is 0 Å². The molecule has 1 amide bonds. The van der Waals surface area contributed by atoms with Gasteiger partial charge < -0.3 is 86.9 Å². The Kier molecular flexibility index (Phi) is 27.3. The number of carbonyl (C=O) groups is 2. The minimum absolute atomic E-state index is 0.0374. The van der Waals surface area contributed by atoms with Gasteiger partial charge in [-0.15, -0.1) is 0 Å². The summed E-state index contributed by atoms with van der Waals surface area (Å²) in [5.74, 6) is -1.62. The van der Waals surface area contributed by atoms with Gasteiger partial charge in [-0.05, 0) is 64.7 Å². The molecule has 16 N–H and O–H groups in total. The van der Waals surface area contributed by atoms with E-state index in [1.54, 1.807) is 13.8 Å². The second-order valence-corrected chi connectivity index (χ2v) is 15.9. The van der Waals surface area contributed by atoms with Crippen molar-refractivity contribution in [1.82, 2.24) is 5.32 Å². The zero-order chi connectivity index (χ0) is 44.8. The van der Waals surface area contributed by atoms with Crippen LogP contribution in [0.25, 0.3) is 0 Å². The van der Waals surface area contributed by atoms with Gasteiger partial charge in [0.2, 0.25) is 5.91 Å². The number of Topliss-reactive ketones (excluding diaryl/α,β-unsaturated/α-hetero) is 1. The number of hydrogen-bond donors (Lipinski definition) is 15. The molecule has 0 aromatic carbocycles. The minimum atomic E-state index is -1.54. The summed E-state index contributed by atoms with van der Waals surface area (Å²) in [6.45, 7) is 4.62. The highest BCUT2D eigenvalue weighted by Crippen LogP contribution is 2.26. The Morgan fingerprint density at radius 2 is 1.22 bits per heavy atom. The Bertz CT molecular complexity index is 1220. The molecule has 346 valence electrons.